The molecular weight excluding hydrogens is 432 g/mol. The normalized spacial score (nSPS) is 12.1. The molecule has 0 aliphatic heterocycles. The molecule has 0 unspecified atom stereocenters. The highest BCUT2D eigenvalue weighted by atomic mass is 16.5. The number of hydrogen-bond donors (Lipinski definition) is 0. The van der Waals surface area contributed by atoms with E-state index in [1.165, 1.54) is 82.5 Å². The largest absolute Gasteiger partial charge is 0.491 e. The quantitative estimate of drug-likeness (QED) is 0.0924. The van der Waals surface area contributed by atoms with Crippen molar-refractivity contribution in [1.29, 1.82) is 0 Å². The van der Waals surface area contributed by atoms with Crippen molar-refractivity contribution in [3.05, 3.63) is 29.8 Å². The van der Waals surface area contributed by atoms with Gasteiger partial charge in [-0.05, 0) is 47.8 Å². The Morgan fingerprint density at radius 2 is 1.11 bits per heavy atom. The summed E-state index contributed by atoms with van der Waals surface area (Å²) in [6.07, 6.45) is 20.5. The number of aldehydes is 1. The van der Waals surface area contributed by atoms with E-state index in [0.29, 0.717) is 18.6 Å². The minimum absolute atomic E-state index is 0.167. The molecule has 1 rings (SSSR count). The Morgan fingerprint density at radius 1 is 0.629 bits per heavy atom. The molecule has 0 saturated heterocycles. The number of rotatable bonds is 22. The van der Waals surface area contributed by atoms with Gasteiger partial charge >= 0.3 is 0 Å². The molecule has 0 amide bonds. The third-order valence-electron chi connectivity index (χ3n) is 6.73. The Labute approximate surface area is 217 Å². The summed E-state index contributed by atoms with van der Waals surface area (Å²) < 4.78 is 11.6. The maximum atomic E-state index is 8.65. The van der Waals surface area contributed by atoms with Crippen molar-refractivity contribution in [3.63, 3.8) is 0 Å². The second kappa shape index (κ2) is 18.9. The van der Waals surface area contributed by atoms with Crippen LogP contribution in [0.4, 0.5) is 0 Å². The molecule has 0 aliphatic rings. The van der Waals surface area contributed by atoms with Crippen LogP contribution in [0.3, 0.4) is 0 Å². The molecule has 3 heteroatoms. The summed E-state index contributed by atoms with van der Waals surface area (Å²) in [5.74, 6) is 0.931. The molecule has 3 nitrogen and oxygen atoms in total. The SMILES string of the molecule is CC(C)(C)CC(C)(C)c1ccc(OCCOCCCCCCCCCCCCCCCC=[OH+])cc1. The van der Waals surface area contributed by atoms with Gasteiger partial charge in [0, 0.05) is 6.61 Å². The van der Waals surface area contributed by atoms with Gasteiger partial charge in [0.2, 0.25) is 0 Å². The minimum Gasteiger partial charge on any atom is -0.491 e. The molecule has 0 saturated carbocycles. The topological polar surface area (TPSA) is 39.9 Å². The van der Waals surface area contributed by atoms with Crippen molar-refractivity contribution < 1.29 is 14.3 Å². The van der Waals surface area contributed by atoms with E-state index in [4.69, 9.17) is 14.3 Å². The summed E-state index contributed by atoms with van der Waals surface area (Å²) in [5.41, 5.74) is 1.85. The van der Waals surface area contributed by atoms with Crippen LogP contribution in [-0.4, -0.2) is 30.9 Å². The Morgan fingerprint density at radius 3 is 1.60 bits per heavy atom. The Hall–Kier alpha value is -1.35. The van der Waals surface area contributed by atoms with Crippen molar-refractivity contribution >= 4 is 6.29 Å². The second-order valence-electron chi connectivity index (χ2n) is 12.2. The molecule has 202 valence electrons. The van der Waals surface area contributed by atoms with Crippen molar-refractivity contribution in [3.8, 4) is 5.75 Å². The van der Waals surface area contributed by atoms with Gasteiger partial charge in [0.15, 0.2) is 0 Å². The van der Waals surface area contributed by atoms with Crippen LogP contribution in [0.25, 0.3) is 0 Å². The summed E-state index contributed by atoms with van der Waals surface area (Å²) >= 11 is 0. The lowest BCUT2D eigenvalue weighted by molar-refractivity contribution is 0.0970. The summed E-state index contributed by atoms with van der Waals surface area (Å²) in [5, 5.41) is 0. The number of unbranched alkanes of at least 4 members (excludes halogenated alkanes) is 13. The van der Waals surface area contributed by atoms with Crippen LogP contribution in [0.2, 0.25) is 0 Å². The fourth-order valence-corrected chi connectivity index (χ4v) is 5.14. The maximum Gasteiger partial charge on any atom is 0.281 e. The minimum atomic E-state index is 0.167. The lowest BCUT2D eigenvalue weighted by atomic mass is 9.72. The summed E-state index contributed by atoms with van der Waals surface area (Å²) in [6.45, 7) is 13.7. The van der Waals surface area contributed by atoms with Gasteiger partial charge in [0.25, 0.3) is 6.29 Å². The Balaban J connectivity index is 1.91. The smallest absolute Gasteiger partial charge is 0.281 e. The van der Waals surface area contributed by atoms with Gasteiger partial charge < -0.3 is 9.47 Å². The number of hydrogen-bond acceptors (Lipinski definition) is 2. The van der Waals surface area contributed by atoms with E-state index in [-0.39, 0.29) is 5.41 Å². The molecule has 1 aromatic rings. The molecule has 0 bridgehead atoms. The average molecular weight is 490 g/mol. The van der Waals surface area contributed by atoms with E-state index in [2.05, 4.69) is 58.9 Å². The van der Waals surface area contributed by atoms with E-state index in [9.17, 15) is 0 Å². The highest BCUT2D eigenvalue weighted by Gasteiger charge is 2.27. The van der Waals surface area contributed by atoms with Gasteiger partial charge in [-0.25, -0.2) is 0 Å². The van der Waals surface area contributed by atoms with Gasteiger partial charge in [0.05, 0.1) is 13.0 Å². The molecule has 0 heterocycles. The van der Waals surface area contributed by atoms with Crippen LogP contribution in [0, 0.1) is 5.41 Å². The van der Waals surface area contributed by atoms with Crippen molar-refractivity contribution in [1.82, 2.24) is 0 Å². The van der Waals surface area contributed by atoms with Gasteiger partial charge in [0.1, 0.15) is 12.4 Å². The van der Waals surface area contributed by atoms with Crippen LogP contribution in [0.1, 0.15) is 136 Å². The van der Waals surface area contributed by atoms with E-state index in [0.717, 1.165) is 38.0 Å². The van der Waals surface area contributed by atoms with Crippen LogP contribution in [-0.2, 0) is 10.2 Å². The molecule has 35 heavy (non-hydrogen) atoms. The van der Waals surface area contributed by atoms with Gasteiger partial charge in [-0.1, -0.05) is 117 Å². The van der Waals surface area contributed by atoms with Crippen molar-refractivity contribution in [2.24, 2.45) is 5.41 Å². The first-order valence-corrected chi connectivity index (χ1v) is 14.5. The van der Waals surface area contributed by atoms with Crippen LogP contribution < -0.4 is 4.74 Å². The van der Waals surface area contributed by atoms with Crippen LogP contribution in [0.15, 0.2) is 24.3 Å². The molecular formula is C32H57O3+. The van der Waals surface area contributed by atoms with Crippen LogP contribution in [0.5, 0.6) is 5.75 Å². The lowest BCUT2D eigenvalue weighted by Gasteiger charge is -2.33. The Kier molecular flexibility index (Phi) is 17.1. The second-order valence-corrected chi connectivity index (χ2v) is 12.2. The molecule has 0 atom stereocenters. The van der Waals surface area contributed by atoms with Crippen molar-refractivity contribution in [2.45, 2.75) is 136 Å². The first-order valence-electron chi connectivity index (χ1n) is 14.5. The number of carbonyl (C=O) groups excluding carboxylic acids is 1. The number of benzene rings is 1. The highest BCUT2D eigenvalue weighted by Crippen LogP contribution is 2.36. The molecule has 1 aromatic carbocycles. The summed E-state index contributed by atoms with van der Waals surface area (Å²) in [4.78, 5) is 8.65. The number of ether oxygens (including phenoxy) is 2. The third kappa shape index (κ3) is 17.7. The zero-order valence-corrected chi connectivity index (χ0v) is 23.9. The van der Waals surface area contributed by atoms with Crippen molar-refractivity contribution in [2.75, 3.05) is 19.8 Å². The molecule has 1 N–H and O–H groups in total. The molecule has 0 aliphatic carbocycles. The first kappa shape index (κ1) is 31.7. The van der Waals surface area contributed by atoms with Gasteiger partial charge in [-0.15, -0.1) is 0 Å². The fraction of sp³-hybridized carbons (Fsp3) is 0.781. The van der Waals surface area contributed by atoms with E-state index < -0.39 is 0 Å². The van der Waals surface area contributed by atoms with E-state index in [1.807, 2.05) is 0 Å². The Bertz CT molecular complexity index is 627. The van der Waals surface area contributed by atoms with Gasteiger partial charge in [-0.3, -0.25) is 4.79 Å². The molecule has 0 spiro atoms. The van der Waals surface area contributed by atoms with Crippen LogP contribution >= 0.6 is 0 Å². The molecule has 0 fully saturated rings. The maximum absolute atomic E-state index is 8.65. The standard InChI is InChI=1S/C32H56O3/c1-31(2,3)28-32(4,5)29-20-22-30(23-21-29)35-27-26-34-25-19-17-15-13-11-9-7-6-8-10-12-14-16-18-24-33/h20-24H,6-19,25-28H2,1-5H3/p+1. The summed E-state index contributed by atoms with van der Waals surface area (Å²) in [6, 6.07) is 8.62. The predicted molar refractivity (Wildman–Crippen MR) is 152 cm³/mol. The molecule has 0 aromatic heterocycles. The monoisotopic (exact) mass is 489 g/mol. The van der Waals surface area contributed by atoms with E-state index >= 15 is 0 Å². The first-order chi connectivity index (χ1) is 16.7. The zero-order valence-electron chi connectivity index (χ0n) is 23.9. The lowest BCUT2D eigenvalue weighted by Crippen LogP contribution is -2.24. The summed E-state index contributed by atoms with van der Waals surface area (Å²) in [7, 11) is 0. The predicted octanol–water partition coefficient (Wildman–Crippen LogP) is 9.43. The average Bonchev–Trinajstić information content (AvgIpc) is 2.79. The van der Waals surface area contributed by atoms with Gasteiger partial charge in [-0.2, -0.15) is 0 Å². The fourth-order valence-electron chi connectivity index (χ4n) is 5.14. The third-order valence-corrected chi connectivity index (χ3v) is 6.73. The highest BCUT2D eigenvalue weighted by molar-refractivity contribution is 5.50. The van der Waals surface area contributed by atoms with E-state index in [1.54, 1.807) is 0 Å². The molecule has 0 radical (unpaired) electrons. The zero-order chi connectivity index (χ0) is 25.8.